The highest BCUT2D eigenvalue weighted by atomic mass is 35.5. The zero-order chi connectivity index (χ0) is 40.0. The Bertz CT molecular complexity index is 2110. The molecule has 299 valence electrons. The molecule has 2 saturated heterocycles. The van der Waals surface area contributed by atoms with E-state index in [1.54, 1.807) is 24.3 Å². The van der Waals surface area contributed by atoms with E-state index in [0.29, 0.717) is 24.6 Å². The van der Waals surface area contributed by atoms with E-state index in [4.69, 9.17) is 36.6 Å². The number of halogens is 1. The van der Waals surface area contributed by atoms with E-state index < -0.39 is 0 Å². The molecule has 4 heterocycles. The molecule has 4 aromatic carbocycles. The van der Waals surface area contributed by atoms with Crippen LogP contribution in [-0.2, 0) is 12.8 Å². The topological polar surface area (TPSA) is 102 Å². The van der Waals surface area contributed by atoms with Gasteiger partial charge in [-0.15, -0.1) is 0 Å². The molecule has 2 spiro atoms. The molecule has 6 aliphatic rings. The molecule has 58 heavy (non-hydrogen) atoms. The fourth-order valence-electron chi connectivity index (χ4n) is 9.55. The summed E-state index contributed by atoms with van der Waals surface area (Å²) < 4.78 is 17.6. The molecule has 10 heteroatoms. The van der Waals surface area contributed by atoms with Gasteiger partial charge in [0.15, 0.2) is 0 Å². The van der Waals surface area contributed by atoms with Crippen LogP contribution in [0.25, 0.3) is 11.1 Å². The van der Waals surface area contributed by atoms with E-state index in [-0.39, 0.29) is 11.2 Å². The van der Waals surface area contributed by atoms with Crippen molar-refractivity contribution in [3.8, 4) is 40.5 Å². The lowest BCUT2D eigenvalue weighted by atomic mass is 9.89. The molecule has 2 atom stereocenters. The van der Waals surface area contributed by atoms with E-state index in [1.807, 2.05) is 42.5 Å². The van der Waals surface area contributed by atoms with Gasteiger partial charge in [0, 0.05) is 55.9 Å². The molecule has 1 radical (unpaired) electrons. The van der Waals surface area contributed by atoms with Gasteiger partial charge >= 0.3 is 7.69 Å². The highest BCUT2D eigenvalue weighted by molar-refractivity contribution is 6.30. The molecular formula is C48H53BClN4O4. The number of likely N-dealkylation sites (tertiary alicyclic amines) is 2. The maximum Gasteiger partial charge on any atom is 0.569 e. The van der Waals surface area contributed by atoms with Crippen molar-refractivity contribution in [2.75, 3.05) is 26.2 Å². The van der Waals surface area contributed by atoms with Gasteiger partial charge in [0.1, 0.15) is 28.5 Å². The van der Waals surface area contributed by atoms with Crippen molar-refractivity contribution in [3.63, 3.8) is 0 Å². The average molecular weight is 796 g/mol. The summed E-state index contributed by atoms with van der Waals surface area (Å²) in [5.41, 5.74) is 6.31. The predicted molar refractivity (Wildman–Crippen MR) is 228 cm³/mol. The zero-order valence-electron chi connectivity index (χ0n) is 33.4. The fraction of sp³-hybridized carbons (Fsp3) is 0.458. The van der Waals surface area contributed by atoms with Crippen LogP contribution in [0.2, 0.25) is 5.02 Å². The highest BCUT2D eigenvalue weighted by Crippen LogP contribution is 2.45. The van der Waals surface area contributed by atoms with Gasteiger partial charge in [-0.25, -0.2) is 0 Å². The fourth-order valence-corrected chi connectivity index (χ4v) is 9.71. The van der Waals surface area contributed by atoms with Crippen LogP contribution in [0.4, 0.5) is 0 Å². The summed E-state index contributed by atoms with van der Waals surface area (Å²) in [7, 11) is 0.599. The van der Waals surface area contributed by atoms with Gasteiger partial charge in [-0.3, -0.25) is 0 Å². The standard InChI is InChI=1S/C24H26N2O.C17H22ClNO.C7H5BNO2/c25-17-18-5-7-19(8-6-18)20-9-10-21-16-24(27-23(21)15-20)11-2-13-26(14-12-24)22-3-1-4-22;18-14-6-5-13-12-17(20-16(13)11-14)7-2-9-19(10-8-17)15-3-1-4-15;9-5-6-1-3-7(4-2-6)11-8-10/h5-10,15,22H,1-4,11-14,16H2;5-6,11,15H,1-4,7-10,12H2;1-4,10H. The lowest BCUT2D eigenvalue weighted by Crippen LogP contribution is -2.42. The summed E-state index contributed by atoms with van der Waals surface area (Å²) in [6, 6.07) is 32.8. The summed E-state index contributed by atoms with van der Waals surface area (Å²) in [5, 5.41) is 26.4. The first-order chi connectivity index (χ1) is 28.3. The van der Waals surface area contributed by atoms with Gasteiger partial charge in [-0.05, 0) is 141 Å². The van der Waals surface area contributed by atoms with Crippen molar-refractivity contribution in [3.05, 3.63) is 112 Å². The molecule has 4 aliphatic heterocycles. The van der Waals surface area contributed by atoms with Crippen LogP contribution in [0, 0.1) is 22.7 Å². The third-order valence-electron chi connectivity index (χ3n) is 13.3. The Morgan fingerprint density at radius 1 is 0.621 bits per heavy atom. The van der Waals surface area contributed by atoms with Gasteiger partial charge in [-0.1, -0.05) is 54.8 Å². The molecule has 4 fully saturated rings. The van der Waals surface area contributed by atoms with Crippen molar-refractivity contribution in [1.29, 1.82) is 10.5 Å². The minimum Gasteiger partial charge on any atom is -0.537 e. The first kappa shape index (κ1) is 40.3. The maximum absolute atomic E-state index is 8.99. The summed E-state index contributed by atoms with van der Waals surface area (Å²) >= 11 is 6.09. The summed E-state index contributed by atoms with van der Waals surface area (Å²) in [4.78, 5) is 5.42. The predicted octanol–water partition coefficient (Wildman–Crippen LogP) is 9.45. The van der Waals surface area contributed by atoms with E-state index in [1.165, 1.54) is 101 Å². The van der Waals surface area contributed by atoms with Gasteiger partial charge < -0.3 is 29.0 Å². The van der Waals surface area contributed by atoms with Gasteiger partial charge in [0.25, 0.3) is 0 Å². The van der Waals surface area contributed by atoms with Crippen LogP contribution in [0.3, 0.4) is 0 Å². The average Bonchev–Trinajstić information content (AvgIpc) is 3.59. The number of benzene rings is 4. The highest BCUT2D eigenvalue weighted by Gasteiger charge is 2.43. The van der Waals surface area contributed by atoms with Crippen molar-refractivity contribution < 1.29 is 19.2 Å². The minimum atomic E-state index is 0.00409. The smallest absolute Gasteiger partial charge is 0.537 e. The summed E-state index contributed by atoms with van der Waals surface area (Å²) in [6.07, 6.45) is 17.7. The largest absolute Gasteiger partial charge is 0.569 e. The molecule has 0 bridgehead atoms. The number of ether oxygens (including phenoxy) is 2. The van der Waals surface area contributed by atoms with Crippen molar-refractivity contribution in [2.24, 2.45) is 0 Å². The Morgan fingerprint density at radius 3 is 1.62 bits per heavy atom. The number of fused-ring (bicyclic) bond motifs is 2. The quantitative estimate of drug-likeness (QED) is 0.200. The van der Waals surface area contributed by atoms with Gasteiger partial charge in [0.05, 0.1) is 23.3 Å². The van der Waals surface area contributed by atoms with Crippen LogP contribution in [-0.4, -0.2) is 72.0 Å². The maximum atomic E-state index is 8.99. The van der Waals surface area contributed by atoms with Crippen LogP contribution in [0.1, 0.15) is 99.3 Å². The third kappa shape index (κ3) is 9.35. The summed E-state index contributed by atoms with van der Waals surface area (Å²) in [5.74, 6) is 2.59. The molecule has 8 nitrogen and oxygen atoms in total. The second-order valence-electron chi connectivity index (χ2n) is 17.0. The molecular weight excluding hydrogens is 743 g/mol. The second-order valence-corrected chi connectivity index (χ2v) is 17.4. The Morgan fingerprint density at radius 2 is 1.12 bits per heavy atom. The lowest BCUT2D eigenvalue weighted by Gasteiger charge is -2.37. The molecule has 2 unspecified atom stereocenters. The zero-order valence-corrected chi connectivity index (χ0v) is 34.1. The van der Waals surface area contributed by atoms with Gasteiger partial charge in [0.2, 0.25) is 0 Å². The Hall–Kier alpha value is -4.51. The van der Waals surface area contributed by atoms with Crippen molar-refractivity contribution in [1.82, 2.24) is 9.80 Å². The van der Waals surface area contributed by atoms with Crippen LogP contribution < -0.4 is 14.1 Å². The molecule has 0 aromatic heterocycles. The van der Waals surface area contributed by atoms with E-state index >= 15 is 0 Å². The van der Waals surface area contributed by atoms with E-state index in [2.05, 4.69) is 44.8 Å². The van der Waals surface area contributed by atoms with Crippen LogP contribution in [0.5, 0.6) is 17.2 Å². The van der Waals surface area contributed by atoms with Crippen molar-refractivity contribution in [2.45, 2.75) is 113 Å². The number of nitrogens with zero attached hydrogens (tertiary/aromatic N) is 4. The molecule has 2 aliphatic carbocycles. The molecule has 0 amide bonds. The van der Waals surface area contributed by atoms with Crippen LogP contribution >= 0.6 is 11.6 Å². The number of hydrogen-bond donors (Lipinski definition) is 1. The molecule has 4 aromatic rings. The first-order valence-electron chi connectivity index (χ1n) is 21.3. The summed E-state index contributed by atoms with van der Waals surface area (Å²) in [6.45, 7) is 4.88. The molecule has 10 rings (SSSR count). The normalized spacial score (nSPS) is 23.9. The number of nitriles is 2. The monoisotopic (exact) mass is 795 g/mol. The second kappa shape index (κ2) is 18.2. The number of hydrogen-bond acceptors (Lipinski definition) is 8. The Labute approximate surface area is 349 Å². The Kier molecular flexibility index (Phi) is 12.6. The van der Waals surface area contributed by atoms with E-state index in [0.717, 1.165) is 66.3 Å². The lowest BCUT2D eigenvalue weighted by molar-refractivity contribution is 0.0692. The van der Waals surface area contributed by atoms with Crippen LogP contribution in [0.15, 0.2) is 84.9 Å². The minimum absolute atomic E-state index is 0.00409. The molecule has 2 saturated carbocycles. The van der Waals surface area contributed by atoms with Crippen molar-refractivity contribution >= 4 is 19.3 Å². The molecule has 1 N–H and O–H groups in total. The SMILES string of the molecule is Clc1ccc2c(c1)OC1(CCCN(C3CCC3)CC1)C2.N#Cc1ccc(-c2ccc3c(c2)OC2(CCCN(C4CCC4)CC2)C3)cc1.N#Cc1ccc(O[B]O)cc1. The number of rotatable bonds is 5. The first-order valence-corrected chi connectivity index (χ1v) is 21.6. The van der Waals surface area contributed by atoms with Gasteiger partial charge in [-0.2, -0.15) is 10.5 Å². The third-order valence-corrected chi connectivity index (χ3v) is 13.6. The van der Waals surface area contributed by atoms with E-state index in [9.17, 15) is 0 Å². The Balaban J connectivity index is 0.000000133.